The molecular weight excluding hydrogens is 405 g/mol. The summed E-state index contributed by atoms with van der Waals surface area (Å²) in [5.74, 6) is 0. The lowest BCUT2D eigenvalue weighted by atomic mass is 10.2. The predicted octanol–water partition coefficient (Wildman–Crippen LogP) is 2.43. The maximum atomic E-state index is 12.0. The number of aryl methyl sites for hydroxylation is 1. The van der Waals surface area contributed by atoms with E-state index in [9.17, 15) is 13.5 Å². The van der Waals surface area contributed by atoms with E-state index in [-0.39, 0.29) is 11.5 Å². The average molecular weight is 419 g/mol. The molecule has 0 spiro atoms. The zero-order valence-corrected chi connectivity index (χ0v) is 14.2. The molecular formula is C14H14INO4S. The first-order chi connectivity index (χ1) is 9.88. The normalized spacial score (nSPS) is 13.1. The zero-order valence-electron chi connectivity index (χ0n) is 11.2. The Morgan fingerprint density at radius 2 is 1.90 bits per heavy atom. The zero-order chi connectivity index (χ0) is 15.5. The third-order valence-electron chi connectivity index (χ3n) is 2.83. The van der Waals surface area contributed by atoms with Gasteiger partial charge in [0, 0.05) is 11.8 Å². The van der Waals surface area contributed by atoms with Crippen molar-refractivity contribution < 1.29 is 17.7 Å². The van der Waals surface area contributed by atoms with Gasteiger partial charge < -0.3 is 5.11 Å². The smallest absolute Gasteiger partial charge is 0.297 e. The van der Waals surface area contributed by atoms with Gasteiger partial charge in [-0.25, -0.2) is 4.98 Å². The molecule has 0 bridgehead atoms. The lowest BCUT2D eigenvalue weighted by molar-refractivity contribution is 0.111. The van der Waals surface area contributed by atoms with Gasteiger partial charge in [0.2, 0.25) is 0 Å². The second kappa shape index (κ2) is 6.82. The molecule has 0 aliphatic carbocycles. The van der Waals surface area contributed by atoms with Crippen molar-refractivity contribution in [2.75, 3.05) is 6.61 Å². The SMILES string of the molecule is Cc1ccc(S(=O)(=O)OC[C@H](O)c2ccc(I)nc2)cc1. The molecule has 0 radical (unpaired) electrons. The Balaban J connectivity index is 2.04. The van der Waals surface area contributed by atoms with E-state index in [4.69, 9.17) is 4.18 Å². The molecule has 1 aromatic heterocycles. The van der Waals surface area contributed by atoms with Crippen molar-refractivity contribution in [3.63, 3.8) is 0 Å². The van der Waals surface area contributed by atoms with Gasteiger partial charge in [-0.3, -0.25) is 4.18 Å². The van der Waals surface area contributed by atoms with Gasteiger partial charge in [-0.15, -0.1) is 0 Å². The van der Waals surface area contributed by atoms with Gasteiger partial charge >= 0.3 is 0 Å². The van der Waals surface area contributed by atoms with Gasteiger partial charge in [0.15, 0.2) is 0 Å². The van der Waals surface area contributed by atoms with Crippen LogP contribution in [0.4, 0.5) is 0 Å². The van der Waals surface area contributed by atoms with Crippen LogP contribution in [0.1, 0.15) is 17.2 Å². The van der Waals surface area contributed by atoms with Crippen LogP contribution in [0.25, 0.3) is 0 Å². The number of halogens is 1. The molecule has 0 saturated carbocycles. The van der Waals surface area contributed by atoms with Crippen molar-refractivity contribution in [1.29, 1.82) is 0 Å². The number of pyridine rings is 1. The van der Waals surface area contributed by atoms with Gasteiger partial charge in [-0.1, -0.05) is 23.8 Å². The third-order valence-corrected chi connectivity index (χ3v) is 4.76. The minimum Gasteiger partial charge on any atom is -0.386 e. The summed E-state index contributed by atoms with van der Waals surface area (Å²) in [6.07, 6.45) is 0.448. The molecule has 0 fully saturated rings. The highest BCUT2D eigenvalue weighted by atomic mass is 127. The number of aromatic nitrogens is 1. The molecule has 1 heterocycles. The number of aliphatic hydroxyl groups excluding tert-OH is 1. The summed E-state index contributed by atoms with van der Waals surface area (Å²) >= 11 is 2.04. The number of aliphatic hydroxyl groups is 1. The molecule has 2 rings (SSSR count). The number of hydrogen-bond acceptors (Lipinski definition) is 5. The minimum atomic E-state index is -3.87. The topological polar surface area (TPSA) is 76.5 Å². The lowest BCUT2D eigenvalue weighted by Gasteiger charge is -2.11. The summed E-state index contributed by atoms with van der Waals surface area (Å²) in [7, 11) is -3.87. The fourth-order valence-corrected chi connectivity index (χ4v) is 2.84. The molecule has 1 atom stereocenters. The maximum absolute atomic E-state index is 12.0. The molecule has 0 unspecified atom stereocenters. The molecule has 21 heavy (non-hydrogen) atoms. The van der Waals surface area contributed by atoms with Crippen LogP contribution in [0.15, 0.2) is 47.5 Å². The standard InChI is InChI=1S/C14H14INO4S/c1-10-2-5-12(6-3-10)21(18,19)20-9-13(17)11-4-7-14(15)16-8-11/h2-8,13,17H,9H2,1H3/t13-/m0/s1. The summed E-state index contributed by atoms with van der Waals surface area (Å²) in [4.78, 5) is 4.10. The van der Waals surface area contributed by atoms with E-state index >= 15 is 0 Å². The van der Waals surface area contributed by atoms with Crippen LogP contribution in [-0.4, -0.2) is 25.1 Å². The molecule has 1 N–H and O–H groups in total. The van der Waals surface area contributed by atoms with Crippen LogP contribution in [0.3, 0.4) is 0 Å². The van der Waals surface area contributed by atoms with Gasteiger partial charge in [0.25, 0.3) is 10.1 Å². The highest BCUT2D eigenvalue weighted by Crippen LogP contribution is 2.18. The molecule has 1 aromatic carbocycles. The van der Waals surface area contributed by atoms with Gasteiger partial charge in [0.1, 0.15) is 9.80 Å². The molecule has 0 aliphatic rings. The van der Waals surface area contributed by atoms with E-state index in [0.29, 0.717) is 5.56 Å². The Kier molecular flexibility index (Phi) is 5.31. The lowest BCUT2D eigenvalue weighted by Crippen LogP contribution is -2.13. The summed E-state index contributed by atoms with van der Waals surface area (Å²) < 4.78 is 29.6. The van der Waals surface area contributed by atoms with Gasteiger partial charge in [-0.05, 0) is 47.7 Å². The van der Waals surface area contributed by atoms with Crippen LogP contribution in [-0.2, 0) is 14.3 Å². The van der Waals surface area contributed by atoms with Crippen molar-refractivity contribution in [2.24, 2.45) is 0 Å². The third kappa shape index (κ3) is 4.47. The Bertz CT molecular complexity index is 699. The highest BCUT2D eigenvalue weighted by molar-refractivity contribution is 14.1. The quantitative estimate of drug-likeness (QED) is 0.458. The van der Waals surface area contributed by atoms with Crippen LogP contribution in [0.2, 0.25) is 0 Å². The Hall–Kier alpha value is -1.03. The van der Waals surface area contributed by atoms with E-state index in [2.05, 4.69) is 4.98 Å². The van der Waals surface area contributed by atoms with E-state index in [1.165, 1.54) is 18.3 Å². The van der Waals surface area contributed by atoms with E-state index in [1.807, 2.05) is 29.5 Å². The summed E-state index contributed by atoms with van der Waals surface area (Å²) in [6.45, 7) is 1.52. The fraction of sp³-hybridized carbons (Fsp3) is 0.214. The summed E-state index contributed by atoms with van der Waals surface area (Å²) in [5, 5.41) is 9.93. The Morgan fingerprint density at radius 3 is 2.48 bits per heavy atom. The highest BCUT2D eigenvalue weighted by Gasteiger charge is 2.18. The number of benzene rings is 1. The number of nitrogens with zero attached hydrogens (tertiary/aromatic N) is 1. The number of hydrogen-bond donors (Lipinski definition) is 1. The minimum absolute atomic E-state index is 0.0704. The van der Waals surface area contributed by atoms with E-state index in [1.54, 1.807) is 24.3 Å². The molecule has 2 aromatic rings. The first-order valence-corrected chi connectivity index (χ1v) is 8.63. The van der Waals surface area contributed by atoms with E-state index in [0.717, 1.165) is 9.26 Å². The molecule has 7 heteroatoms. The van der Waals surface area contributed by atoms with Crippen LogP contribution in [0.5, 0.6) is 0 Å². The molecule has 0 aliphatic heterocycles. The number of rotatable bonds is 5. The molecule has 5 nitrogen and oxygen atoms in total. The summed E-state index contributed by atoms with van der Waals surface area (Å²) in [5.41, 5.74) is 1.47. The average Bonchev–Trinajstić information content (AvgIpc) is 2.46. The van der Waals surface area contributed by atoms with Crippen LogP contribution >= 0.6 is 22.6 Å². The first-order valence-electron chi connectivity index (χ1n) is 6.14. The molecule has 0 saturated heterocycles. The van der Waals surface area contributed by atoms with Gasteiger partial charge in [0.05, 0.1) is 11.5 Å². The van der Waals surface area contributed by atoms with Crippen molar-refractivity contribution in [3.8, 4) is 0 Å². The Labute approximate surface area is 137 Å². The summed E-state index contributed by atoms with van der Waals surface area (Å²) in [6, 6.07) is 9.74. The molecule has 0 amide bonds. The first kappa shape index (κ1) is 16.3. The fourth-order valence-electron chi connectivity index (χ4n) is 1.61. The second-order valence-electron chi connectivity index (χ2n) is 4.48. The van der Waals surface area contributed by atoms with Crippen LogP contribution in [0, 0.1) is 10.6 Å². The second-order valence-corrected chi connectivity index (χ2v) is 7.20. The van der Waals surface area contributed by atoms with Crippen LogP contribution < -0.4 is 0 Å². The van der Waals surface area contributed by atoms with Gasteiger partial charge in [-0.2, -0.15) is 8.42 Å². The van der Waals surface area contributed by atoms with Crippen molar-refractivity contribution in [3.05, 3.63) is 57.4 Å². The van der Waals surface area contributed by atoms with Crippen molar-refractivity contribution in [2.45, 2.75) is 17.9 Å². The Morgan fingerprint density at radius 1 is 1.24 bits per heavy atom. The van der Waals surface area contributed by atoms with E-state index < -0.39 is 16.2 Å². The van der Waals surface area contributed by atoms with Crippen molar-refractivity contribution in [1.82, 2.24) is 4.98 Å². The maximum Gasteiger partial charge on any atom is 0.297 e. The van der Waals surface area contributed by atoms with Crippen molar-refractivity contribution >= 4 is 32.7 Å². The largest absolute Gasteiger partial charge is 0.386 e. The predicted molar refractivity (Wildman–Crippen MR) is 86.2 cm³/mol. The molecule has 112 valence electrons. The monoisotopic (exact) mass is 419 g/mol.